The van der Waals surface area contributed by atoms with E-state index in [1.54, 1.807) is 6.08 Å². The maximum absolute atomic E-state index is 10.4. The highest BCUT2D eigenvalue weighted by Crippen LogP contribution is 2.12. The minimum atomic E-state index is -3.84. The molecule has 1 saturated heterocycles. The molecule has 4 nitrogen and oxygen atoms in total. The summed E-state index contributed by atoms with van der Waals surface area (Å²) < 4.78 is 34.2. The molecule has 1 aliphatic rings. The van der Waals surface area contributed by atoms with Gasteiger partial charge in [0.1, 0.15) is 0 Å². The standard InChI is InChI=1S/C7H12O4S/c8-12(9,10)6-3-7-1-4-11-5-2-7/h3H,1-2,4-6H2,(H,8,9,10). The van der Waals surface area contributed by atoms with Gasteiger partial charge in [-0.3, -0.25) is 4.55 Å². The molecule has 1 aliphatic heterocycles. The van der Waals surface area contributed by atoms with Gasteiger partial charge in [-0.15, -0.1) is 0 Å². The second-order valence-electron chi connectivity index (χ2n) is 2.72. The second-order valence-corrected chi connectivity index (χ2v) is 4.22. The van der Waals surface area contributed by atoms with E-state index in [0.717, 1.165) is 18.4 Å². The SMILES string of the molecule is O=S(=O)(O)CC=C1CCOCC1. The normalized spacial score (nSPS) is 19.2. The molecule has 1 N–H and O–H groups in total. The zero-order valence-corrected chi connectivity index (χ0v) is 7.51. The van der Waals surface area contributed by atoms with E-state index in [0.29, 0.717) is 13.2 Å². The summed E-state index contributed by atoms with van der Waals surface area (Å²) in [7, 11) is -3.84. The molecule has 0 aliphatic carbocycles. The molecule has 0 saturated carbocycles. The van der Waals surface area contributed by atoms with Gasteiger partial charge < -0.3 is 4.74 Å². The molecule has 1 heterocycles. The lowest BCUT2D eigenvalue weighted by Gasteiger charge is -2.13. The van der Waals surface area contributed by atoms with Gasteiger partial charge in [0.25, 0.3) is 10.1 Å². The van der Waals surface area contributed by atoms with Crippen LogP contribution in [-0.2, 0) is 14.9 Å². The van der Waals surface area contributed by atoms with Crippen molar-refractivity contribution in [1.82, 2.24) is 0 Å². The first-order valence-corrected chi connectivity index (χ1v) is 5.40. The van der Waals surface area contributed by atoms with E-state index in [9.17, 15) is 8.42 Å². The predicted octanol–water partition coefficient (Wildman–Crippen LogP) is 0.611. The van der Waals surface area contributed by atoms with Crippen LogP contribution in [0, 0.1) is 0 Å². The van der Waals surface area contributed by atoms with Gasteiger partial charge in [0.05, 0.1) is 19.0 Å². The van der Waals surface area contributed by atoms with E-state index in [1.807, 2.05) is 0 Å². The van der Waals surface area contributed by atoms with Crippen molar-refractivity contribution in [1.29, 1.82) is 0 Å². The van der Waals surface area contributed by atoms with Gasteiger partial charge in [-0.1, -0.05) is 11.6 Å². The Morgan fingerprint density at radius 3 is 2.50 bits per heavy atom. The average molecular weight is 192 g/mol. The summed E-state index contributed by atoms with van der Waals surface area (Å²) in [5.74, 6) is -0.275. The summed E-state index contributed by atoms with van der Waals surface area (Å²) in [6, 6.07) is 0. The Labute approximate surface area is 72.0 Å². The Hall–Kier alpha value is -0.390. The van der Waals surface area contributed by atoms with Crippen LogP contribution in [0.4, 0.5) is 0 Å². The van der Waals surface area contributed by atoms with Crippen molar-refractivity contribution in [2.45, 2.75) is 12.8 Å². The van der Waals surface area contributed by atoms with Crippen LogP contribution < -0.4 is 0 Å². The lowest BCUT2D eigenvalue weighted by atomic mass is 10.1. The molecule has 12 heavy (non-hydrogen) atoms. The zero-order chi connectivity index (χ0) is 9.03. The van der Waals surface area contributed by atoms with Crippen molar-refractivity contribution in [3.8, 4) is 0 Å². The van der Waals surface area contributed by atoms with E-state index >= 15 is 0 Å². The molecule has 0 unspecified atom stereocenters. The van der Waals surface area contributed by atoms with Crippen LogP contribution in [0.3, 0.4) is 0 Å². The Bertz CT molecular complexity index is 257. The van der Waals surface area contributed by atoms with Crippen molar-refractivity contribution in [3.63, 3.8) is 0 Å². The molecule has 0 aromatic rings. The summed E-state index contributed by atoms with van der Waals surface area (Å²) in [6.45, 7) is 1.30. The molecule has 0 bridgehead atoms. The lowest BCUT2D eigenvalue weighted by Crippen LogP contribution is -2.09. The fourth-order valence-corrected chi connectivity index (χ4v) is 1.51. The Morgan fingerprint density at radius 1 is 1.42 bits per heavy atom. The smallest absolute Gasteiger partial charge is 0.268 e. The van der Waals surface area contributed by atoms with Crippen molar-refractivity contribution >= 4 is 10.1 Å². The third-order valence-electron chi connectivity index (χ3n) is 1.72. The van der Waals surface area contributed by atoms with Crippen molar-refractivity contribution < 1.29 is 17.7 Å². The Morgan fingerprint density at radius 2 is 2.00 bits per heavy atom. The molecule has 0 atom stereocenters. The topological polar surface area (TPSA) is 63.6 Å². The van der Waals surface area contributed by atoms with Crippen LogP contribution in [0.2, 0.25) is 0 Å². The summed E-state index contributed by atoms with van der Waals surface area (Å²) in [5.41, 5.74) is 1.05. The minimum Gasteiger partial charge on any atom is -0.381 e. The fourth-order valence-electron chi connectivity index (χ4n) is 1.06. The highest BCUT2D eigenvalue weighted by molar-refractivity contribution is 7.85. The first-order valence-electron chi connectivity index (χ1n) is 3.79. The van der Waals surface area contributed by atoms with Crippen molar-refractivity contribution in [3.05, 3.63) is 11.6 Å². The molecular weight excluding hydrogens is 180 g/mol. The first kappa shape index (κ1) is 9.70. The highest BCUT2D eigenvalue weighted by atomic mass is 32.2. The summed E-state index contributed by atoms with van der Waals surface area (Å²) in [6.07, 6.45) is 3.11. The summed E-state index contributed by atoms with van der Waals surface area (Å²) >= 11 is 0. The van der Waals surface area contributed by atoms with Crippen LogP contribution in [0.1, 0.15) is 12.8 Å². The van der Waals surface area contributed by atoms with Gasteiger partial charge in [0.2, 0.25) is 0 Å². The molecular formula is C7H12O4S. The van der Waals surface area contributed by atoms with E-state index < -0.39 is 10.1 Å². The van der Waals surface area contributed by atoms with Crippen LogP contribution in [0.15, 0.2) is 11.6 Å². The maximum atomic E-state index is 10.4. The van der Waals surface area contributed by atoms with Crippen molar-refractivity contribution in [2.24, 2.45) is 0 Å². The Kier molecular flexibility index (Phi) is 3.25. The van der Waals surface area contributed by atoms with Gasteiger partial charge in [0.15, 0.2) is 0 Å². The number of hydrogen-bond donors (Lipinski definition) is 1. The molecule has 1 rings (SSSR count). The quantitative estimate of drug-likeness (QED) is 0.514. The monoisotopic (exact) mass is 192 g/mol. The molecule has 0 amide bonds. The average Bonchev–Trinajstić information content (AvgIpc) is 2.02. The lowest BCUT2D eigenvalue weighted by molar-refractivity contribution is 0.119. The number of ether oxygens (including phenoxy) is 1. The molecule has 0 aromatic heterocycles. The van der Waals surface area contributed by atoms with E-state index in [1.165, 1.54) is 0 Å². The maximum Gasteiger partial charge on any atom is 0.268 e. The molecule has 5 heteroatoms. The number of rotatable bonds is 2. The van der Waals surface area contributed by atoms with Crippen molar-refractivity contribution in [2.75, 3.05) is 19.0 Å². The third-order valence-corrected chi connectivity index (χ3v) is 2.31. The predicted molar refractivity (Wildman–Crippen MR) is 44.6 cm³/mol. The zero-order valence-electron chi connectivity index (χ0n) is 6.69. The van der Waals surface area contributed by atoms with Crippen LogP contribution in [-0.4, -0.2) is 31.9 Å². The largest absolute Gasteiger partial charge is 0.381 e. The van der Waals surface area contributed by atoms with E-state index in [4.69, 9.17) is 9.29 Å². The third kappa shape index (κ3) is 3.85. The molecule has 1 fully saturated rings. The molecule has 0 aromatic carbocycles. The number of hydrogen-bond acceptors (Lipinski definition) is 3. The molecule has 0 radical (unpaired) electrons. The summed E-state index contributed by atoms with van der Waals surface area (Å²) in [4.78, 5) is 0. The van der Waals surface area contributed by atoms with E-state index in [-0.39, 0.29) is 5.75 Å². The van der Waals surface area contributed by atoms with Gasteiger partial charge in [-0.05, 0) is 12.8 Å². The molecule has 0 spiro atoms. The highest BCUT2D eigenvalue weighted by Gasteiger charge is 2.07. The summed E-state index contributed by atoms with van der Waals surface area (Å²) in [5, 5.41) is 0. The van der Waals surface area contributed by atoms with Gasteiger partial charge in [-0.25, -0.2) is 0 Å². The molecule has 70 valence electrons. The second kappa shape index (κ2) is 4.02. The van der Waals surface area contributed by atoms with Gasteiger partial charge in [0, 0.05) is 0 Å². The van der Waals surface area contributed by atoms with E-state index in [2.05, 4.69) is 0 Å². The fraction of sp³-hybridized carbons (Fsp3) is 0.714. The van der Waals surface area contributed by atoms with Gasteiger partial charge >= 0.3 is 0 Å². The van der Waals surface area contributed by atoms with Crippen LogP contribution in [0.25, 0.3) is 0 Å². The van der Waals surface area contributed by atoms with Crippen LogP contribution in [0.5, 0.6) is 0 Å². The van der Waals surface area contributed by atoms with Gasteiger partial charge in [-0.2, -0.15) is 8.42 Å². The van der Waals surface area contributed by atoms with Crippen LogP contribution >= 0.6 is 0 Å². The minimum absolute atomic E-state index is 0.275. The Balaban J connectivity index is 2.45. The first-order chi connectivity index (χ1) is 5.58.